The average Bonchev–Trinajstić information content (AvgIpc) is 3.29. The number of imidazole rings is 1. The summed E-state index contributed by atoms with van der Waals surface area (Å²) in [5.41, 5.74) is 3.97. The third-order valence-corrected chi connectivity index (χ3v) is 6.07. The highest BCUT2D eigenvalue weighted by molar-refractivity contribution is 6.04. The van der Waals surface area contributed by atoms with Crippen molar-refractivity contribution in [3.63, 3.8) is 0 Å². The number of piperazine rings is 1. The normalized spacial score (nSPS) is 14.4. The molecule has 0 radical (unpaired) electrons. The van der Waals surface area contributed by atoms with E-state index in [1.54, 1.807) is 41.2 Å². The Hall–Kier alpha value is -4.19. The van der Waals surface area contributed by atoms with Gasteiger partial charge in [-0.25, -0.2) is 9.50 Å². The fourth-order valence-corrected chi connectivity index (χ4v) is 4.01. The first-order valence-corrected chi connectivity index (χ1v) is 11.5. The lowest BCUT2D eigenvalue weighted by Gasteiger charge is -2.32. The van der Waals surface area contributed by atoms with Gasteiger partial charge in [0.15, 0.2) is 5.65 Å². The lowest BCUT2D eigenvalue weighted by molar-refractivity contribution is 0.102. The van der Waals surface area contributed by atoms with Crippen LogP contribution in [0.1, 0.15) is 27.2 Å². The number of nitrogens with zero attached hydrogens (tertiary/aromatic N) is 5. The Morgan fingerprint density at radius 2 is 1.91 bits per heavy atom. The molecule has 0 unspecified atom stereocenters. The summed E-state index contributed by atoms with van der Waals surface area (Å²) >= 11 is 0. The molecular formula is C27H26N6O2. The van der Waals surface area contributed by atoms with Crippen LogP contribution in [-0.2, 0) is 6.54 Å². The molecule has 0 saturated carbocycles. The molecule has 1 fully saturated rings. The van der Waals surface area contributed by atoms with E-state index < -0.39 is 0 Å². The Labute approximate surface area is 203 Å². The predicted molar refractivity (Wildman–Crippen MR) is 134 cm³/mol. The van der Waals surface area contributed by atoms with Gasteiger partial charge in [0.05, 0.1) is 6.20 Å². The van der Waals surface area contributed by atoms with Crippen molar-refractivity contribution < 1.29 is 9.90 Å². The molecule has 8 heteroatoms. The largest absolute Gasteiger partial charge is 0.508 e. The van der Waals surface area contributed by atoms with Crippen molar-refractivity contribution in [2.75, 3.05) is 38.5 Å². The molecule has 5 rings (SSSR count). The quantitative estimate of drug-likeness (QED) is 0.450. The van der Waals surface area contributed by atoms with Gasteiger partial charge in [-0.05, 0) is 49.4 Å². The molecule has 3 heterocycles. The SMILES string of the molecule is CN1CCN(Cc2ccc(NC(=O)c3cccc(C#Cc4cnc5cccnn45)c3)cc2O)CC1. The minimum atomic E-state index is -0.267. The summed E-state index contributed by atoms with van der Waals surface area (Å²) in [5.74, 6) is 6.06. The van der Waals surface area contributed by atoms with Crippen molar-refractivity contribution in [2.24, 2.45) is 0 Å². The zero-order valence-corrected chi connectivity index (χ0v) is 19.5. The van der Waals surface area contributed by atoms with E-state index in [-0.39, 0.29) is 11.7 Å². The highest BCUT2D eigenvalue weighted by atomic mass is 16.3. The molecule has 1 saturated heterocycles. The molecule has 1 amide bonds. The minimum Gasteiger partial charge on any atom is -0.508 e. The van der Waals surface area contributed by atoms with Crippen LogP contribution in [0.3, 0.4) is 0 Å². The van der Waals surface area contributed by atoms with Gasteiger partial charge < -0.3 is 15.3 Å². The molecular weight excluding hydrogens is 440 g/mol. The Morgan fingerprint density at radius 1 is 1.06 bits per heavy atom. The first-order chi connectivity index (χ1) is 17.0. The van der Waals surface area contributed by atoms with E-state index in [0.29, 0.717) is 29.1 Å². The number of benzene rings is 2. The van der Waals surface area contributed by atoms with E-state index in [9.17, 15) is 9.90 Å². The van der Waals surface area contributed by atoms with Crippen molar-refractivity contribution in [3.05, 3.63) is 89.4 Å². The molecule has 2 N–H and O–H groups in total. The van der Waals surface area contributed by atoms with Gasteiger partial charge in [0.25, 0.3) is 5.91 Å². The molecule has 176 valence electrons. The highest BCUT2D eigenvalue weighted by Gasteiger charge is 2.16. The van der Waals surface area contributed by atoms with Gasteiger partial charge in [-0.3, -0.25) is 9.69 Å². The van der Waals surface area contributed by atoms with Crippen molar-refractivity contribution in [1.29, 1.82) is 0 Å². The first-order valence-electron chi connectivity index (χ1n) is 11.5. The number of fused-ring (bicyclic) bond motifs is 1. The molecule has 0 spiro atoms. The number of aromatic nitrogens is 3. The summed E-state index contributed by atoms with van der Waals surface area (Å²) in [6.07, 6.45) is 3.35. The van der Waals surface area contributed by atoms with E-state index in [0.717, 1.165) is 37.4 Å². The van der Waals surface area contributed by atoms with Crippen LogP contribution in [0, 0.1) is 11.8 Å². The fourth-order valence-electron chi connectivity index (χ4n) is 4.01. The molecule has 0 aliphatic carbocycles. The van der Waals surface area contributed by atoms with Crippen LogP contribution in [0.25, 0.3) is 5.65 Å². The fraction of sp³-hybridized carbons (Fsp3) is 0.222. The monoisotopic (exact) mass is 466 g/mol. The number of phenolic OH excluding ortho intramolecular Hbond substituents is 1. The smallest absolute Gasteiger partial charge is 0.255 e. The zero-order chi connectivity index (χ0) is 24.2. The van der Waals surface area contributed by atoms with Crippen LogP contribution >= 0.6 is 0 Å². The summed E-state index contributed by atoms with van der Waals surface area (Å²) in [6.45, 7) is 4.68. The Bertz CT molecular complexity index is 1430. The number of carbonyl (C=O) groups is 1. The van der Waals surface area contributed by atoms with E-state index in [1.807, 2.05) is 30.3 Å². The first kappa shape index (κ1) is 22.6. The number of amides is 1. The molecule has 8 nitrogen and oxygen atoms in total. The second-order valence-electron chi connectivity index (χ2n) is 8.64. The van der Waals surface area contributed by atoms with Crippen molar-refractivity contribution in [1.82, 2.24) is 24.4 Å². The van der Waals surface area contributed by atoms with Gasteiger partial charge in [-0.1, -0.05) is 18.1 Å². The number of hydrogen-bond acceptors (Lipinski definition) is 6. The number of likely N-dealkylation sites (N-methyl/N-ethyl adjacent to an activating group) is 1. The van der Waals surface area contributed by atoms with Crippen LogP contribution in [0.15, 0.2) is 67.0 Å². The predicted octanol–water partition coefficient (Wildman–Crippen LogP) is 2.83. The lowest BCUT2D eigenvalue weighted by Crippen LogP contribution is -2.43. The molecule has 0 atom stereocenters. The number of aromatic hydroxyl groups is 1. The Morgan fingerprint density at radius 3 is 2.74 bits per heavy atom. The van der Waals surface area contributed by atoms with Crippen LogP contribution < -0.4 is 5.32 Å². The van der Waals surface area contributed by atoms with E-state index in [4.69, 9.17) is 0 Å². The maximum atomic E-state index is 12.8. The number of anilines is 1. The molecule has 0 bridgehead atoms. The van der Waals surface area contributed by atoms with Gasteiger partial charge in [0.1, 0.15) is 11.4 Å². The maximum Gasteiger partial charge on any atom is 0.255 e. The van der Waals surface area contributed by atoms with Gasteiger partial charge in [-0.2, -0.15) is 5.10 Å². The van der Waals surface area contributed by atoms with Crippen LogP contribution in [-0.4, -0.2) is 68.6 Å². The minimum absolute atomic E-state index is 0.183. The maximum absolute atomic E-state index is 12.8. The van der Waals surface area contributed by atoms with Crippen molar-refractivity contribution >= 4 is 17.2 Å². The number of hydrogen-bond donors (Lipinski definition) is 2. The third kappa shape index (κ3) is 5.32. The topological polar surface area (TPSA) is 86.0 Å². The molecule has 1 aliphatic heterocycles. The number of carbonyl (C=O) groups excluding carboxylic acids is 1. The Kier molecular flexibility index (Phi) is 6.44. The number of nitrogens with one attached hydrogen (secondary N) is 1. The van der Waals surface area contributed by atoms with E-state index in [1.165, 1.54) is 0 Å². The lowest BCUT2D eigenvalue weighted by atomic mass is 10.1. The van der Waals surface area contributed by atoms with Gasteiger partial charge >= 0.3 is 0 Å². The third-order valence-electron chi connectivity index (χ3n) is 6.07. The highest BCUT2D eigenvalue weighted by Crippen LogP contribution is 2.24. The zero-order valence-electron chi connectivity index (χ0n) is 19.5. The van der Waals surface area contributed by atoms with Gasteiger partial charge in [0, 0.05) is 67.4 Å². The number of rotatable bonds is 4. The van der Waals surface area contributed by atoms with E-state index in [2.05, 4.69) is 44.1 Å². The van der Waals surface area contributed by atoms with Crippen molar-refractivity contribution in [2.45, 2.75) is 6.54 Å². The summed E-state index contributed by atoms with van der Waals surface area (Å²) in [5, 5.41) is 17.6. The summed E-state index contributed by atoms with van der Waals surface area (Å²) in [7, 11) is 2.12. The molecule has 2 aromatic carbocycles. The van der Waals surface area contributed by atoms with Crippen molar-refractivity contribution in [3.8, 4) is 17.6 Å². The Balaban J connectivity index is 1.26. The standard InChI is InChI=1S/C27H26N6O2/c1-31-12-14-32(15-13-31)19-22-8-9-23(17-25(22)34)30-27(35)21-5-2-4-20(16-21)7-10-24-18-28-26-6-3-11-29-33(24)26/h2-6,8-9,11,16-18,34H,12-15,19H2,1H3,(H,30,35). The summed E-state index contributed by atoms with van der Waals surface area (Å²) in [4.78, 5) is 21.7. The molecule has 1 aliphatic rings. The second kappa shape index (κ2) is 9.97. The molecule has 4 aromatic rings. The molecule has 2 aromatic heterocycles. The number of phenols is 1. The van der Waals surface area contributed by atoms with Crippen LogP contribution in [0.5, 0.6) is 5.75 Å². The second-order valence-corrected chi connectivity index (χ2v) is 8.64. The van der Waals surface area contributed by atoms with Gasteiger partial charge in [-0.15, -0.1) is 0 Å². The summed E-state index contributed by atoms with van der Waals surface area (Å²) < 4.78 is 1.67. The van der Waals surface area contributed by atoms with E-state index >= 15 is 0 Å². The molecule has 35 heavy (non-hydrogen) atoms. The van der Waals surface area contributed by atoms with Crippen LogP contribution in [0.4, 0.5) is 5.69 Å². The van der Waals surface area contributed by atoms with Gasteiger partial charge in [0.2, 0.25) is 0 Å². The van der Waals surface area contributed by atoms with Crippen LogP contribution in [0.2, 0.25) is 0 Å². The summed E-state index contributed by atoms with van der Waals surface area (Å²) in [6, 6.07) is 16.1. The average molecular weight is 467 g/mol.